The van der Waals surface area contributed by atoms with Gasteiger partial charge in [0.1, 0.15) is 5.82 Å². The summed E-state index contributed by atoms with van der Waals surface area (Å²) in [5.74, 6) is 1.00. The van der Waals surface area contributed by atoms with Gasteiger partial charge in [-0.1, -0.05) is 18.2 Å². The van der Waals surface area contributed by atoms with Crippen LogP contribution in [0.5, 0.6) is 5.88 Å². The van der Waals surface area contributed by atoms with Gasteiger partial charge in [0.25, 0.3) is 0 Å². The van der Waals surface area contributed by atoms with Crippen molar-refractivity contribution in [1.29, 1.82) is 0 Å². The Labute approximate surface area is 185 Å². The van der Waals surface area contributed by atoms with E-state index < -0.39 is 0 Å². The number of rotatable bonds is 9. The zero-order chi connectivity index (χ0) is 21.5. The van der Waals surface area contributed by atoms with Crippen molar-refractivity contribution < 1.29 is 9.13 Å². The van der Waals surface area contributed by atoms with Crippen LogP contribution in [0.3, 0.4) is 0 Å². The summed E-state index contributed by atoms with van der Waals surface area (Å²) in [7, 11) is 0. The fourth-order valence-corrected chi connectivity index (χ4v) is 3.82. The number of benzene rings is 2. The molecular weight excluding hydrogens is 411 g/mol. The van der Waals surface area contributed by atoms with Gasteiger partial charge >= 0.3 is 0 Å². The molecule has 0 amide bonds. The lowest BCUT2D eigenvalue weighted by atomic mass is 10.1. The molecule has 2 aromatic carbocycles. The number of nitrogens with zero attached hydrogens (tertiary/aromatic N) is 3. The van der Waals surface area contributed by atoms with E-state index in [1.807, 2.05) is 31.2 Å². The molecule has 0 aliphatic heterocycles. The first-order valence-electron chi connectivity index (χ1n) is 10.1. The number of fused-ring (bicyclic) bond motifs is 1. The van der Waals surface area contributed by atoms with Crippen LogP contribution in [0.25, 0.3) is 10.9 Å². The van der Waals surface area contributed by atoms with Crippen LogP contribution in [0.2, 0.25) is 0 Å². The average Bonchev–Trinajstić information content (AvgIpc) is 2.79. The molecule has 31 heavy (non-hydrogen) atoms. The van der Waals surface area contributed by atoms with Crippen LogP contribution in [0.15, 0.2) is 71.9 Å². The molecule has 5 nitrogen and oxygen atoms in total. The van der Waals surface area contributed by atoms with E-state index in [9.17, 15) is 4.39 Å². The zero-order valence-electron chi connectivity index (χ0n) is 17.2. The summed E-state index contributed by atoms with van der Waals surface area (Å²) in [4.78, 5) is 14.4. The highest BCUT2D eigenvalue weighted by Crippen LogP contribution is 2.24. The smallest absolute Gasteiger partial charge is 0.218 e. The van der Waals surface area contributed by atoms with Crippen LogP contribution in [0.1, 0.15) is 17.0 Å². The van der Waals surface area contributed by atoms with E-state index in [2.05, 4.69) is 32.4 Å². The molecule has 1 N–H and O–H groups in total. The highest BCUT2D eigenvalue weighted by molar-refractivity contribution is 7.99. The van der Waals surface area contributed by atoms with Crippen molar-refractivity contribution in [3.05, 3.63) is 89.8 Å². The van der Waals surface area contributed by atoms with Crippen molar-refractivity contribution in [2.24, 2.45) is 0 Å². The van der Waals surface area contributed by atoms with Crippen molar-refractivity contribution in [3.63, 3.8) is 0 Å². The lowest BCUT2D eigenvalue weighted by Crippen LogP contribution is -2.16. The fourth-order valence-electron chi connectivity index (χ4n) is 3.07. The fraction of sp³-hybridized carbons (Fsp3) is 0.208. The number of pyridine rings is 1. The van der Waals surface area contributed by atoms with Gasteiger partial charge in [-0.3, -0.25) is 9.97 Å². The third-order valence-corrected chi connectivity index (χ3v) is 5.59. The predicted molar refractivity (Wildman–Crippen MR) is 122 cm³/mol. The minimum Gasteiger partial charge on any atom is -0.477 e. The molecule has 0 saturated heterocycles. The van der Waals surface area contributed by atoms with E-state index in [0.717, 1.165) is 28.1 Å². The molecule has 158 valence electrons. The van der Waals surface area contributed by atoms with Gasteiger partial charge < -0.3 is 10.1 Å². The summed E-state index contributed by atoms with van der Waals surface area (Å²) in [5, 5.41) is 4.24. The lowest BCUT2D eigenvalue weighted by Gasteiger charge is -2.13. The Balaban J connectivity index is 1.44. The molecule has 0 radical (unpaired) electrons. The van der Waals surface area contributed by atoms with E-state index in [1.165, 1.54) is 17.0 Å². The summed E-state index contributed by atoms with van der Waals surface area (Å²) in [5.41, 5.74) is 3.25. The summed E-state index contributed by atoms with van der Waals surface area (Å²) in [6.07, 6.45) is 3.52. The molecule has 0 aliphatic rings. The van der Waals surface area contributed by atoms with E-state index in [-0.39, 0.29) is 5.82 Å². The summed E-state index contributed by atoms with van der Waals surface area (Å²) in [6.45, 7) is 3.55. The Bertz CT molecular complexity index is 1140. The summed E-state index contributed by atoms with van der Waals surface area (Å²) >= 11 is 1.72. The maximum atomic E-state index is 13.7. The molecule has 7 heteroatoms. The zero-order valence-corrected chi connectivity index (χ0v) is 18.0. The Hall–Kier alpha value is -3.03. The highest BCUT2D eigenvalue weighted by Gasteiger charge is 2.10. The van der Waals surface area contributed by atoms with Crippen molar-refractivity contribution in [2.75, 3.05) is 12.4 Å². The number of thioether (sulfide) groups is 1. The van der Waals surface area contributed by atoms with Crippen LogP contribution in [-0.2, 0) is 13.1 Å². The van der Waals surface area contributed by atoms with E-state index in [4.69, 9.17) is 4.74 Å². The quantitative estimate of drug-likeness (QED) is 0.298. The summed E-state index contributed by atoms with van der Waals surface area (Å²) < 4.78 is 19.7. The number of aromatic nitrogens is 3. The minimum absolute atomic E-state index is 0.311. The van der Waals surface area contributed by atoms with Crippen LogP contribution in [0.4, 0.5) is 4.39 Å². The summed E-state index contributed by atoms with van der Waals surface area (Å²) in [6, 6.07) is 16.8. The maximum Gasteiger partial charge on any atom is 0.218 e. The number of aryl methyl sites for hydroxylation is 1. The standard InChI is InChI=1S/C24H23FN4OS/c1-17-13-28-21(16-27-17)15-26-14-19-11-18-7-8-20(25)12-23(18)29-24(19)30-9-10-31-22-5-3-2-4-6-22/h2-8,11-13,16,26H,9-10,14-15H2,1H3. The van der Waals surface area contributed by atoms with Crippen molar-refractivity contribution in [2.45, 2.75) is 24.9 Å². The molecule has 0 spiro atoms. The Kier molecular flexibility index (Phi) is 7.07. The van der Waals surface area contributed by atoms with E-state index >= 15 is 0 Å². The normalized spacial score (nSPS) is 11.0. The van der Waals surface area contributed by atoms with Gasteiger partial charge in [-0.2, -0.15) is 0 Å². The third kappa shape index (κ3) is 5.99. The highest BCUT2D eigenvalue weighted by atomic mass is 32.2. The van der Waals surface area contributed by atoms with Gasteiger partial charge in [0.05, 0.1) is 23.5 Å². The number of hydrogen-bond acceptors (Lipinski definition) is 6. The average molecular weight is 435 g/mol. The second kappa shape index (κ2) is 10.3. The Morgan fingerprint density at radius 1 is 1.00 bits per heavy atom. The molecule has 0 aliphatic carbocycles. The topological polar surface area (TPSA) is 59.9 Å². The molecule has 0 bridgehead atoms. The van der Waals surface area contributed by atoms with Gasteiger partial charge in [-0.25, -0.2) is 9.37 Å². The van der Waals surface area contributed by atoms with Crippen LogP contribution >= 0.6 is 11.8 Å². The number of halogens is 1. The Morgan fingerprint density at radius 3 is 2.68 bits per heavy atom. The molecule has 0 saturated carbocycles. The third-order valence-electron chi connectivity index (χ3n) is 4.61. The van der Waals surface area contributed by atoms with Gasteiger partial charge in [-0.15, -0.1) is 11.8 Å². The largest absolute Gasteiger partial charge is 0.477 e. The molecule has 4 rings (SSSR count). The maximum absolute atomic E-state index is 13.7. The molecule has 0 unspecified atom stereocenters. The molecule has 0 fully saturated rings. The number of nitrogens with one attached hydrogen (secondary N) is 1. The first-order chi connectivity index (χ1) is 15.2. The van der Waals surface area contributed by atoms with Crippen LogP contribution < -0.4 is 10.1 Å². The van der Waals surface area contributed by atoms with Crippen LogP contribution in [0, 0.1) is 12.7 Å². The SMILES string of the molecule is Cc1cnc(CNCc2cc3ccc(F)cc3nc2OCCSc2ccccc2)cn1. The number of hydrogen-bond donors (Lipinski definition) is 1. The van der Waals surface area contributed by atoms with Crippen molar-refractivity contribution >= 4 is 22.7 Å². The second-order valence-corrected chi connectivity index (χ2v) is 8.22. The van der Waals surface area contributed by atoms with Gasteiger partial charge in [-0.05, 0) is 37.3 Å². The van der Waals surface area contributed by atoms with Crippen molar-refractivity contribution in [3.8, 4) is 5.88 Å². The molecule has 2 heterocycles. The molecule has 4 aromatic rings. The lowest BCUT2D eigenvalue weighted by molar-refractivity contribution is 0.326. The first kappa shape index (κ1) is 21.2. The van der Waals surface area contributed by atoms with E-state index in [0.29, 0.717) is 31.1 Å². The monoisotopic (exact) mass is 434 g/mol. The first-order valence-corrected chi connectivity index (χ1v) is 11.0. The predicted octanol–water partition coefficient (Wildman–Crippen LogP) is 4.93. The van der Waals surface area contributed by atoms with Crippen molar-refractivity contribution in [1.82, 2.24) is 20.3 Å². The van der Waals surface area contributed by atoms with E-state index in [1.54, 1.807) is 30.2 Å². The van der Waals surface area contributed by atoms with Gasteiger partial charge in [0.15, 0.2) is 0 Å². The number of ether oxygens (including phenoxy) is 1. The Morgan fingerprint density at radius 2 is 1.87 bits per heavy atom. The van der Waals surface area contributed by atoms with Gasteiger partial charge in [0.2, 0.25) is 5.88 Å². The van der Waals surface area contributed by atoms with Gasteiger partial charge in [0, 0.05) is 53.1 Å². The second-order valence-electron chi connectivity index (χ2n) is 7.05. The molecule has 2 aromatic heterocycles. The molecule has 0 atom stereocenters. The van der Waals surface area contributed by atoms with Crippen LogP contribution in [-0.4, -0.2) is 27.3 Å². The minimum atomic E-state index is -0.311. The molecular formula is C24H23FN4OS.